The first-order valence-electron chi connectivity index (χ1n) is 8.20. The Kier molecular flexibility index (Phi) is 5.59. The lowest BCUT2D eigenvalue weighted by atomic mass is 10.2. The summed E-state index contributed by atoms with van der Waals surface area (Å²) in [5.74, 6) is 0.511. The number of hydrogen-bond donors (Lipinski definition) is 1. The molecule has 2 aromatic carbocycles. The van der Waals surface area contributed by atoms with Gasteiger partial charge in [-0.2, -0.15) is 4.31 Å². The number of morpholine rings is 1. The van der Waals surface area contributed by atoms with Crippen LogP contribution in [0.5, 0.6) is 5.75 Å². The monoisotopic (exact) mass is 393 g/mol. The average molecular weight is 393 g/mol. The van der Waals surface area contributed by atoms with Crippen molar-refractivity contribution < 1.29 is 22.8 Å². The zero-order valence-electron chi connectivity index (χ0n) is 14.6. The van der Waals surface area contributed by atoms with Crippen LogP contribution in [0.2, 0.25) is 0 Å². The summed E-state index contributed by atoms with van der Waals surface area (Å²) in [4.78, 5) is 10.8. The fourth-order valence-corrected chi connectivity index (χ4v) is 4.19. The fourth-order valence-electron chi connectivity index (χ4n) is 2.76. The molecule has 2 aromatic rings. The average Bonchev–Trinajstić information content (AvgIpc) is 2.69. The quantitative estimate of drug-likeness (QED) is 0.592. The van der Waals surface area contributed by atoms with Crippen LogP contribution in [0.15, 0.2) is 47.4 Å². The Hall–Kier alpha value is -2.69. The standard InChI is InChI=1S/C17H19N3O6S/c1-25-17-5-3-2-4-15(17)18-14-7-6-13(12-16(14)20(21)22)27(23,24)19-8-10-26-11-9-19/h2-7,12,18H,8-11H2,1H3. The van der Waals surface area contributed by atoms with Crippen molar-refractivity contribution in [2.24, 2.45) is 0 Å². The smallest absolute Gasteiger partial charge is 0.294 e. The highest BCUT2D eigenvalue weighted by molar-refractivity contribution is 7.89. The van der Waals surface area contributed by atoms with Gasteiger partial charge >= 0.3 is 0 Å². The second kappa shape index (κ2) is 7.91. The Morgan fingerprint density at radius 3 is 2.52 bits per heavy atom. The van der Waals surface area contributed by atoms with E-state index in [4.69, 9.17) is 9.47 Å². The highest BCUT2D eigenvalue weighted by Crippen LogP contribution is 2.34. The number of sulfonamides is 1. The largest absolute Gasteiger partial charge is 0.495 e. The Balaban J connectivity index is 1.97. The van der Waals surface area contributed by atoms with E-state index < -0.39 is 14.9 Å². The molecule has 1 heterocycles. The highest BCUT2D eigenvalue weighted by atomic mass is 32.2. The van der Waals surface area contributed by atoms with Crippen LogP contribution < -0.4 is 10.1 Å². The first-order valence-corrected chi connectivity index (χ1v) is 9.64. The van der Waals surface area contributed by atoms with E-state index in [0.717, 1.165) is 6.07 Å². The van der Waals surface area contributed by atoms with Crippen molar-refractivity contribution in [2.45, 2.75) is 4.90 Å². The molecule has 0 amide bonds. The third-order valence-corrected chi connectivity index (χ3v) is 6.04. The van der Waals surface area contributed by atoms with E-state index in [9.17, 15) is 18.5 Å². The molecule has 0 spiro atoms. The maximum atomic E-state index is 12.7. The fraction of sp³-hybridized carbons (Fsp3) is 0.294. The molecule has 9 nitrogen and oxygen atoms in total. The minimum Gasteiger partial charge on any atom is -0.495 e. The molecule has 0 radical (unpaired) electrons. The Bertz CT molecular complexity index is 941. The molecular weight excluding hydrogens is 374 g/mol. The van der Waals surface area contributed by atoms with Gasteiger partial charge in [0.1, 0.15) is 11.4 Å². The number of hydrogen-bond acceptors (Lipinski definition) is 7. The summed E-state index contributed by atoms with van der Waals surface area (Å²) in [5.41, 5.74) is 0.368. The van der Waals surface area contributed by atoms with Gasteiger partial charge in [0.15, 0.2) is 0 Å². The molecule has 0 bridgehead atoms. The summed E-state index contributed by atoms with van der Waals surface area (Å²) in [6.07, 6.45) is 0. The summed E-state index contributed by atoms with van der Waals surface area (Å²) >= 11 is 0. The van der Waals surface area contributed by atoms with Gasteiger partial charge in [0, 0.05) is 19.2 Å². The number of benzene rings is 2. The van der Waals surface area contributed by atoms with Crippen molar-refractivity contribution in [3.8, 4) is 5.75 Å². The Labute approximate surface area is 156 Å². The number of para-hydroxylation sites is 2. The first kappa shape index (κ1) is 19.1. The minimum atomic E-state index is -3.82. The van der Waals surface area contributed by atoms with E-state index in [2.05, 4.69) is 5.32 Å². The first-order chi connectivity index (χ1) is 12.9. The molecule has 1 aliphatic heterocycles. The predicted octanol–water partition coefficient (Wildman–Crippen LogP) is 2.37. The van der Waals surface area contributed by atoms with Crippen LogP contribution in [-0.4, -0.2) is 51.1 Å². The van der Waals surface area contributed by atoms with E-state index in [0.29, 0.717) is 24.7 Å². The molecule has 3 rings (SSSR count). The van der Waals surface area contributed by atoms with E-state index in [1.165, 1.54) is 23.5 Å². The Morgan fingerprint density at radius 2 is 1.85 bits per heavy atom. The van der Waals surface area contributed by atoms with Crippen molar-refractivity contribution in [3.05, 3.63) is 52.6 Å². The molecule has 1 aliphatic rings. The molecule has 0 atom stereocenters. The molecule has 144 valence electrons. The van der Waals surface area contributed by atoms with Crippen LogP contribution in [0.4, 0.5) is 17.1 Å². The van der Waals surface area contributed by atoms with Crippen LogP contribution in [0, 0.1) is 10.1 Å². The van der Waals surface area contributed by atoms with Crippen molar-refractivity contribution >= 4 is 27.1 Å². The molecule has 27 heavy (non-hydrogen) atoms. The van der Waals surface area contributed by atoms with Crippen molar-refractivity contribution in [2.75, 3.05) is 38.7 Å². The molecule has 0 aliphatic carbocycles. The summed E-state index contributed by atoms with van der Waals surface area (Å²) < 4.78 is 37.1. The summed E-state index contributed by atoms with van der Waals surface area (Å²) in [5, 5.41) is 14.5. The second-order valence-corrected chi connectivity index (χ2v) is 7.72. The number of ether oxygens (including phenoxy) is 2. The van der Waals surface area contributed by atoms with Crippen molar-refractivity contribution in [1.29, 1.82) is 0 Å². The molecule has 0 aromatic heterocycles. The van der Waals surface area contributed by atoms with Gasteiger partial charge in [0.2, 0.25) is 10.0 Å². The van der Waals surface area contributed by atoms with Gasteiger partial charge in [-0.1, -0.05) is 12.1 Å². The Morgan fingerprint density at radius 1 is 1.15 bits per heavy atom. The number of nitrogens with zero attached hydrogens (tertiary/aromatic N) is 2. The van der Waals surface area contributed by atoms with Gasteiger partial charge < -0.3 is 14.8 Å². The molecular formula is C17H19N3O6S. The topological polar surface area (TPSA) is 111 Å². The molecule has 1 N–H and O–H groups in total. The SMILES string of the molecule is COc1ccccc1Nc1ccc(S(=O)(=O)N2CCOCC2)cc1[N+](=O)[O-]. The van der Waals surface area contributed by atoms with E-state index in [-0.39, 0.29) is 29.4 Å². The van der Waals surface area contributed by atoms with Gasteiger partial charge in [0.25, 0.3) is 5.69 Å². The number of nitrogens with one attached hydrogen (secondary N) is 1. The zero-order chi connectivity index (χ0) is 19.4. The summed E-state index contributed by atoms with van der Waals surface area (Å²) in [6, 6.07) is 10.8. The van der Waals surface area contributed by atoms with Gasteiger partial charge in [-0.25, -0.2) is 8.42 Å². The number of rotatable bonds is 6. The maximum Gasteiger partial charge on any atom is 0.294 e. The lowest BCUT2D eigenvalue weighted by molar-refractivity contribution is -0.384. The van der Waals surface area contributed by atoms with Gasteiger partial charge in [0.05, 0.1) is 35.8 Å². The number of methoxy groups -OCH3 is 1. The number of nitro groups is 1. The molecule has 10 heteroatoms. The van der Waals surface area contributed by atoms with Gasteiger partial charge in [-0.05, 0) is 24.3 Å². The van der Waals surface area contributed by atoms with Crippen LogP contribution in [0.1, 0.15) is 0 Å². The molecule has 0 unspecified atom stereocenters. The molecule has 1 fully saturated rings. The van der Waals surface area contributed by atoms with Crippen LogP contribution in [0.25, 0.3) is 0 Å². The summed E-state index contributed by atoms with van der Waals surface area (Å²) in [7, 11) is -2.33. The van der Waals surface area contributed by atoms with E-state index in [1.807, 2.05) is 0 Å². The van der Waals surface area contributed by atoms with Crippen molar-refractivity contribution in [1.82, 2.24) is 4.31 Å². The van der Waals surface area contributed by atoms with E-state index in [1.54, 1.807) is 24.3 Å². The van der Waals surface area contributed by atoms with Gasteiger partial charge in [-0.15, -0.1) is 0 Å². The van der Waals surface area contributed by atoms with Crippen LogP contribution in [-0.2, 0) is 14.8 Å². The van der Waals surface area contributed by atoms with Crippen LogP contribution >= 0.6 is 0 Å². The van der Waals surface area contributed by atoms with Crippen molar-refractivity contribution in [3.63, 3.8) is 0 Å². The molecule has 1 saturated heterocycles. The number of anilines is 2. The summed E-state index contributed by atoms with van der Waals surface area (Å²) in [6.45, 7) is 1.04. The minimum absolute atomic E-state index is 0.123. The van der Waals surface area contributed by atoms with Crippen LogP contribution in [0.3, 0.4) is 0 Å². The molecule has 0 saturated carbocycles. The number of nitro benzene ring substituents is 1. The van der Waals surface area contributed by atoms with Gasteiger partial charge in [-0.3, -0.25) is 10.1 Å². The second-order valence-electron chi connectivity index (χ2n) is 5.78. The normalized spacial score (nSPS) is 15.3. The highest BCUT2D eigenvalue weighted by Gasteiger charge is 2.29. The van der Waals surface area contributed by atoms with E-state index >= 15 is 0 Å². The maximum absolute atomic E-state index is 12.7. The lowest BCUT2D eigenvalue weighted by Crippen LogP contribution is -2.40. The third kappa shape index (κ3) is 4.02. The lowest BCUT2D eigenvalue weighted by Gasteiger charge is -2.26. The predicted molar refractivity (Wildman–Crippen MR) is 99.0 cm³/mol. The third-order valence-electron chi connectivity index (χ3n) is 4.15. The zero-order valence-corrected chi connectivity index (χ0v) is 15.4.